The zero-order chi connectivity index (χ0) is 13.9. The molecule has 3 nitrogen and oxygen atoms in total. The molecule has 0 saturated carbocycles. The lowest BCUT2D eigenvalue weighted by Gasteiger charge is -2.23. The van der Waals surface area contributed by atoms with E-state index >= 15 is 0 Å². The predicted octanol–water partition coefficient (Wildman–Crippen LogP) is 4.18. The highest BCUT2D eigenvalue weighted by Crippen LogP contribution is 2.41. The fourth-order valence-electron chi connectivity index (χ4n) is 2.22. The largest absolute Gasteiger partial charge is 0.486 e. The fourth-order valence-corrected chi connectivity index (χ4v) is 3.12. The van der Waals surface area contributed by atoms with Gasteiger partial charge in [-0.25, -0.2) is 0 Å². The van der Waals surface area contributed by atoms with Gasteiger partial charge >= 0.3 is 0 Å². The molecule has 1 unspecified atom stereocenters. The van der Waals surface area contributed by atoms with Crippen molar-refractivity contribution in [2.75, 3.05) is 13.2 Å². The van der Waals surface area contributed by atoms with Crippen molar-refractivity contribution in [2.24, 2.45) is 0 Å². The quantitative estimate of drug-likeness (QED) is 0.775. The van der Waals surface area contributed by atoms with Gasteiger partial charge in [0, 0.05) is 22.8 Å². The van der Waals surface area contributed by atoms with Gasteiger partial charge in [-0.3, -0.25) is 4.98 Å². The Kier molecular flexibility index (Phi) is 4.13. The van der Waals surface area contributed by atoms with Crippen LogP contribution in [0.2, 0.25) is 5.02 Å². The molecular formula is C15H13BrClNO2. The summed E-state index contributed by atoms with van der Waals surface area (Å²) < 4.78 is 11.3. The number of pyridine rings is 1. The van der Waals surface area contributed by atoms with E-state index in [9.17, 15) is 0 Å². The van der Waals surface area contributed by atoms with E-state index in [4.69, 9.17) is 21.1 Å². The van der Waals surface area contributed by atoms with Crippen LogP contribution in [0, 0.1) is 0 Å². The van der Waals surface area contributed by atoms with E-state index in [1.165, 1.54) is 0 Å². The smallest absolute Gasteiger partial charge is 0.165 e. The Hall–Kier alpha value is -1.26. The number of benzene rings is 1. The second kappa shape index (κ2) is 6.02. The van der Waals surface area contributed by atoms with Crippen LogP contribution in [0.1, 0.15) is 16.0 Å². The minimum Gasteiger partial charge on any atom is -0.486 e. The van der Waals surface area contributed by atoms with Gasteiger partial charge in [-0.05, 0) is 24.1 Å². The molecular weight excluding hydrogens is 342 g/mol. The van der Waals surface area contributed by atoms with Crippen molar-refractivity contribution in [3.63, 3.8) is 0 Å². The van der Waals surface area contributed by atoms with Crippen molar-refractivity contribution in [1.82, 2.24) is 4.98 Å². The predicted molar refractivity (Wildman–Crippen MR) is 82.1 cm³/mol. The summed E-state index contributed by atoms with van der Waals surface area (Å²) in [6.45, 7) is 1.18. The van der Waals surface area contributed by atoms with Crippen LogP contribution >= 0.6 is 27.5 Å². The van der Waals surface area contributed by atoms with Gasteiger partial charge in [0.05, 0.1) is 5.02 Å². The molecule has 0 N–H and O–H groups in total. The molecule has 0 aliphatic carbocycles. The maximum absolute atomic E-state index is 6.16. The van der Waals surface area contributed by atoms with Gasteiger partial charge in [-0.1, -0.05) is 39.7 Å². The highest BCUT2D eigenvalue weighted by atomic mass is 79.9. The molecule has 0 bridgehead atoms. The maximum atomic E-state index is 6.16. The van der Waals surface area contributed by atoms with E-state index < -0.39 is 0 Å². The molecule has 1 atom stereocenters. The van der Waals surface area contributed by atoms with Gasteiger partial charge in [0.25, 0.3) is 0 Å². The van der Waals surface area contributed by atoms with Gasteiger partial charge in [0.2, 0.25) is 0 Å². The minimum absolute atomic E-state index is 0.110. The molecule has 2 aromatic rings. The number of alkyl halides is 1. The Labute approximate surface area is 131 Å². The number of hydrogen-bond acceptors (Lipinski definition) is 3. The molecule has 0 spiro atoms. The van der Waals surface area contributed by atoms with Gasteiger partial charge in [-0.2, -0.15) is 0 Å². The zero-order valence-electron chi connectivity index (χ0n) is 10.7. The van der Waals surface area contributed by atoms with Crippen LogP contribution in [0.15, 0.2) is 36.7 Å². The van der Waals surface area contributed by atoms with E-state index in [0.717, 1.165) is 29.0 Å². The highest BCUT2D eigenvalue weighted by molar-refractivity contribution is 9.09. The number of nitrogens with zero attached hydrogens (tertiary/aromatic N) is 1. The van der Waals surface area contributed by atoms with Crippen molar-refractivity contribution < 1.29 is 9.47 Å². The van der Waals surface area contributed by atoms with Crippen LogP contribution in [0.4, 0.5) is 0 Å². The fraction of sp³-hybridized carbons (Fsp3) is 0.267. The summed E-state index contributed by atoms with van der Waals surface area (Å²) in [5.41, 5.74) is 2.13. The summed E-state index contributed by atoms with van der Waals surface area (Å²) >= 11 is 9.88. The Morgan fingerprint density at radius 3 is 2.95 bits per heavy atom. The Morgan fingerprint density at radius 2 is 2.10 bits per heavy atom. The van der Waals surface area contributed by atoms with E-state index in [1.807, 2.05) is 24.3 Å². The molecule has 3 rings (SSSR count). The second-order valence-electron chi connectivity index (χ2n) is 4.51. The van der Waals surface area contributed by atoms with Crippen molar-refractivity contribution in [1.29, 1.82) is 0 Å². The van der Waals surface area contributed by atoms with E-state index in [1.54, 1.807) is 12.4 Å². The molecule has 1 aromatic carbocycles. The van der Waals surface area contributed by atoms with Crippen molar-refractivity contribution >= 4 is 27.5 Å². The summed E-state index contributed by atoms with van der Waals surface area (Å²) in [4.78, 5) is 4.11. The Bertz CT molecular complexity index is 621. The molecule has 1 aromatic heterocycles. The van der Waals surface area contributed by atoms with Crippen LogP contribution < -0.4 is 9.47 Å². The molecule has 1 aliphatic heterocycles. The first-order valence-corrected chi connectivity index (χ1v) is 7.66. The van der Waals surface area contributed by atoms with E-state index in [-0.39, 0.29) is 4.83 Å². The molecule has 0 radical (unpaired) electrons. The van der Waals surface area contributed by atoms with Crippen LogP contribution in [0.25, 0.3) is 0 Å². The van der Waals surface area contributed by atoms with E-state index in [0.29, 0.717) is 18.2 Å². The third-order valence-corrected chi connectivity index (χ3v) is 4.35. The van der Waals surface area contributed by atoms with E-state index in [2.05, 4.69) is 20.9 Å². The standard InChI is InChI=1S/C15H13BrClNO2/c16-12(8-10-4-5-18-9-13(10)17)11-2-1-3-14-15(11)20-7-6-19-14/h1-5,9,12H,6-8H2. The summed E-state index contributed by atoms with van der Waals surface area (Å²) in [6, 6.07) is 7.88. The number of halogens is 2. The lowest BCUT2D eigenvalue weighted by Crippen LogP contribution is -2.17. The van der Waals surface area contributed by atoms with Crippen LogP contribution in [-0.2, 0) is 6.42 Å². The maximum Gasteiger partial charge on any atom is 0.165 e. The molecule has 0 amide bonds. The van der Waals surface area contributed by atoms with Gasteiger partial charge < -0.3 is 9.47 Å². The van der Waals surface area contributed by atoms with Crippen LogP contribution in [0.3, 0.4) is 0 Å². The van der Waals surface area contributed by atoms with Gasteiger partial charge in [0.15, 0.2) is 11.5 Å². The van der Waals surface area contributed by atoms with Crippen LogP contribution in [-0.4, -0.2) is 18.2 Å². The molecule has 0 saturated heterocycles. The molecule has 0 fully saturated rings. The lowest BCUT2D eigenvalue weighted by molar-refractivity contribution is 0.170. The van der Waals surface area contributed by atoms with Gasteiger partial charge in [0.1, 0.15) is 13.2 Å². The molecule has 20 heavy (non-hydrogen) atoms. The molecule has 5 heteroatoms. The second-order valence-corrected chi connectivity index (χ2v) is 6.02. The average molecular weight is 355 g/mol. The van der Waals surface area contributed by atoms with Gasteiger partial charge in [-0.15, -0.1) is 0 Å². The minimum atomic E-state index is 0.110. The first-order chi connectivity index (χ1) is 9.75. The first kappa shape index (κ1) is 13.7. The lowest BCUT2D eigenvalue weighted by atomic mass is 10.0. The number of hydrogen-bond donors (Lipinski definition) is 0. The third-order valence-electron chi connectivity index (χ3n) is 3.19. The Morgan fingerprint density at radius 1 is 1.25 bits per heavy atom. The normalized spacial score (nSPS) is 14.9. The van der Waals surface area contributed by atoms with Crippen molar-refractivity contribution in [3.05, 3.63) is 52.8 Å². The topological polar surface area (TPSA) is 31.4 Å². The molecule has 1 aliphatic rings. The third kappa shape index (κ3) is 2.76. The number of rotatable bonds is 3. The summed E-state index contributed by atoms with van der Waals surface area (Å²) in [6.07, 6.45) is 4.18. The summed E-state index contributed by atoms with van der Waals surface area (Å²) in [5.74, 6) is 1.63. The Balaban J connectivity index is 1.88. The number of fused-ring (bicyclic) bond motifs is 1. The number of ether oxygens (including phenoxy) is 2. The van der Waals surface area contributed by atoms with Crippen molar-refractivity contribution in [3.8, 4) is 11.5 Å². The SMILES string of the molecule is Clc1cnccc1CC(Br)c1cccc2c1OCCO2. The summed E-state index contributed by atoms with van der Waals surface area (Å²) in [7, 11) is 0. The number of para-hydroxylation sites is 1. The van der Waals surface area contributed by atoms with Crippen LogP contribution in [0.5, 0.6) is 11.5 Å². The first-order valence-electron chi connectivity index (χ1n) is 6.36. The highest BCUT2D eigenvalue weighted by Gasteiger charge is 2.21. The monoisotopic (exact) mass is 353 g/mol. The molecule has 104 valence electrons. The zero-order valence-corrected chi connectivity index (χ0v) is 13.0. The van der Waals surface area contributed by atoms with Crippen molar-refractivity contribution in [2.45, 2.75) is 11.2 Å². The number of aromatic nitrogens is 1. The summed E-state index contributed by atoms with van der Waals surface area (Å²) in [5, 5.41) is 0.680. The molecule has 2 heterocycles. The average Bonchev–Trinajstić information content (AvgIpc) is 2.49.